The summed E-state index contributed by atoms with van der Waals surface area (Å²) in [6.07, 6.45) is 3.30. The molecule has 0 atom stereocenters. The average Bonchev–Trinajstić information content (AvgIpc) is 3.17. The van der Waals surface area contributed by atoms with Crippen LogP contribution >= 0.6 is 11.3 Å². The maximum absolute atomic E-state index is 12.8. The second kappa shape index (κ2) is 5.76. The number of aryl methyl sites for hydroxylation is 2. The smallest absolute Gasteiger partial charge is 0.266 e. The van der Waals surface area contributed by atoms with Gasteiger partial charge in [0.05, 0.1) is 5.69 Å². The van der Waals surface area contributed by atoms with Gasteiger partial charge in [-0.2, -0.15) is 0 Å². The fraction of sp³-hybridized carbons (Fsp3) is 0.529. The highest BCUT2D eigenvalue weighted by Gasteiger charge is 2.26. The largest absolute Gasteiger partial charge is 0.397 e. The van der Waals surface area contributed by atoms with Gasteiger partial charge < -0.3 is 15.5 Å². The molecule has 0 radical (unpaired) electrons. The summed E-state index contributed by atoms with van der Waals surface area (Å²) in [6, 6.07) is 2.16. The Bertz CT molecular complexity index is 762. The maximum atomic E-state index is 12.8. The van der Waals surface area contributed by atoms with E-state index >= 15 is 0 Å². The Balaban J connectivity index is 1.64. The number of nitrogens with two attached hydrogens (primary N) is 1. The zero-order valence-electron chi connectivity index (χ0n) is 13.5. The molecular formula is C17H22N4OS. The summed E-state index contributed by atoms with van der Waals surface area (Å²) >= 11 is 1.46. The molecule has 2 aromatic rings. The summed E-state index contributed by atoms with van der Waals surface area (Å²) in [4.78, 5) is 23.5. The number of aromatic nitrogens is 1. The number of anilines is 1. The van der Waals surface area contributed by atoms with Crippen molar-refractivity contribution in [3.8, 4) is 0 Å². The Kier molecular flexibility index (Phi) is 3.73. The number of piperazine rings is 1. The van der Waals surface area contributed by atoms with Gasteiger partial charge >= 0.3 is 0 Å². The molecule has 0 spiro atoms. The molecule has 0 saturated carbocycles. The van der Waals surface area contributed by atoms with Crippen molar-refractivity contribution < 1.29 is 4.79 Å². The second-order valence-electron chi connectivity index (χ2n) is 6.37. The fourth-order valence-electron chi connectivity index (χ4n) is 3.57. The van der Waals surface area contributed by atoms with Gasteiger partial charge in [-0.3, -0.25) is 4.79 Å². The van der Waals surface area contributed by atoms with Crippen LogP contribution in [0.2, 0.25) is 0 Å². The van der Waals surface area contributed by atoms with E-state index in [4.69, 9.17) is 10.7 Å². The number of rotatable bonds is 2. The minimum Gasteiger partial charge on any atom is -0.397 e. The van der Waals surface area contributed by atoms with Crippen molar-refractivity contribution in [3.05, 3.63) is 22.2 Å². The lowest BCUT2D eigenvalue weighted by Gasteiger charge is -2.33. The lowest BCUT2D eigenvalue weighted by Crippen LogP contribution is -2.48. The average molecular weight is 330 g/mol. The molecule has 2 aliphatic rings. The first-order chi connectivity index (χ1) is 11.2. The van der Waals surface area contributed by atoms with Crippen molar-refractivity contribution in [2.75, 3.05) is 38.5 Å². The summed E-state index contributed by atoms with van der Waals surface area (Å²) in [5.41, 5.74) is 9.42. The van der Waals surface area contributed by atoms with Gasteiger partial charge in [0.15, 0.2) is 0 Å². The molecule has 3 heterocycles. The van der Waals surface area contributed by atoms with Gasteiger partial charge in [-0.25, -0.2) is 4.98 Å². The van der Waals surface area contributed by atoms with Crippen LogP contribution in [0.1, 0.15) is 34.3 Å². The topological polar surface area (TPSA) is 62.5 Å². The molecule has 122 valence electrons. The van der Waals surface area contributed by atoms with Gasteiger partial charge in [0.2, 0.25) is 0 Å². The van der Waals surface area contributed by atoms with E-state index in [9.17, 15) is 4.79 Å². The SMILES string of the molecule is CCN1CCN(C(=O)c2sc3nc4c(cc3c2N)CCC4)CC1. The number of hydrogen-bond donors (Lipinski definition) is 1. The van der Waals surface area contributed by atoms with Crippen LogP contribution in [0.3, 0.4) is 0 Å². The molecule has 1 aliphatic carbocycles. The molecule has 0 unspecified atom stereocenters. The fourth-order valence-corrected chi connectivity index (χ4v) is 4.63. The van der Waals surface area contributed by atoms with Crippen molar-refractivity contribution in [3.63, 3.8) is 0 Å². The van der Waals surface area contributed by atoms with E-state index in [-0.39, 0.29) is 5.91 Å². The first kappa shape index (κ1) is 14.9. The highest BCUT2D eigenvalue weighted by atomic mass is 32.1. The zero-order chi connectivity index (χ0) is 16.0. The van der Waals surface area contributed by atoms with E-state index < -0.39 is 0 Å². The molecule has 0 aromatic carbocycles. The third kappa shape index (κ3) is 2.50. The molecule has 1 fully saturated rings. The number of hydrogen-bond acceptors (Lipinski definition) is 5. The summed E-state index contributed by atoms with van der Waals surface area (Å²) in [7, 11) is 0. The Morgan fingerprint density at radius 2 is 2.09 bits per heavy atom. The number of carbonyl (C=O) groups excluding carboxylic acids is 1. The number of carbonyl (C=O) groups is 1. The van der Waals surface area contributed by atoms with Crippen LogP contribution in [-0.2, 0) is 12.8 Å². The van der Waals surface area contributed by atoms with E-state index in [1.165, 1.54) is 29.0 Å². The summed E-state index contributed by atoms with van der Waals surface area (Å²) in [5.74, 6) is 0.0708. The molecule has 1 amide bonds. The minimum atomic E-state index is 0.0708. The van der Waals surface area contributed by atoms with Gasteiger partial charge in [0, 0.05) is 37.3 Å². The van der Waals surface area contributed by atoms with Crippen LogP contribution in [0, 0.1) is 0 Å². The van der Waals surface area contributed by atoms with Gasteiger partial charge in [-0.15, -0.1) is 11.3 Å². The van der Waals surface area contributed by atoms with Gasteiger partial charge in [0.25, 0.3) is 5.91 Å². The Morgan fingerprint density at radius 1 is 1.30 bits per heavy atom. The number of nitrogens with zero attached hydrogens (tertiary/aromatic N) is 3. The second-order valence-corrected chi connectivity index (χ2v) is 7.37. The molecule has 6 heteroatoms. The van der Waals surface area contributed by atoms with E-state index in [0.29, 0.717) is 10.6 Å². The summed E-state index contributed by atoms with van der Waals surface area (Å²) in [5, 5.41) is 0.964. The highest BCUT2D eigenvalue weighted by Crippen LogP contribution is 2.36. The van der Waals surface area contributed by atoms with E-state index in [1.807, 2.05) is 4.90 Å². The number of pyridine rings is 1. The van der Waals surface area contributed by atoms with Gasteiger partial charge in [-0.05, 0) is 37.4 Å². The molecule has 4 rings (SSSR count). The quantitative estimate of drug-likeness (QED) is 0.916. The lowest BCUT2D eigenvalue weighted by atomic mass is 10.1. The molecule has 2 aromatic heterocycles. The van der Waals surface area contributed by atoms with Crippen molar-refractivity contribution in [2.45, 2.75) is 26.2 Å². The van der Waals surface area contributed by atoms with Gasteiger partial charge in [-0.1, -0.05) is 6.92 Å². The Morgan fingerprint density at radius 3 is 2.83 bits per heavy atom. The molecule has 1 saturated heterocycles. The molecule has 1 aliphatic heterocycles. The van der Waals surface area contributed by atoms with Crippen molar-refractivity contribution in [1.29, 1.82) is 0 Å². The lowest BCUT2D eigenvalue weighted by molar-refractivity contribution is 0.0649. The number of thiophene rings is 1. The number of amides is 1. The first-order valence-corrected chi connectivity index (χ1v) is 9.21. The molecule has 5 nitrogen and oxygen atoms in total. The molecule has 23 heavy (non-hydrogen) atoms. The van der Waals surface area contributed by atoms with Crippen molar-refractivity contribution >= 4 is 33.1 Å². The van der Waals surface area contributed by atoms with Crippen LogP contribution in [0.15, 0.2) is 6.07 Å². The molecular weight excluding hydrogens is 308 g/mol. The standard InChI is InChI=1S/C17H22N4OS/c1-2-20-6-8-21(9-7-20)17(22)15-14(18)12-10-11-4-3-5-13(11)19-16(12)23-15/h10H,2-9,18H2,1H3. The van der Waals surface area contributed by atoms with Crippen molar-refractivity contribution in [1.82, 2.24) is 14.8 Å². The Labute approximate surface area is 140 Å². The Hall–Kier alpha value is -1.66. The molecule has 2 N–H and O–H groups in total. The predicted molar refractivity (Wildman–Crippen MR) is 94.1 cm³/mol. The third-order valence-corrected chi connectivity index (χ3v) is 6.15. The minimum absolute atomic E-state index is 0.0708. The van der Waals surface area contributed by atoms with Crippen LogP contribution in [0.5, 0.6) is 0 Å². The van der Waals surface area contributed by atoms with E-state index in [0.717, 1.165) is 55.8 Å². The van der Waals surface area contributed by atoms with Crippen LogP contribution < -0.4 is 5.73 Å². The third-order valence-electron chi connectivity index (χ3n) is 5.05. The maximum Gasteiger partial charge on any atom is 0.266 e. The summed E-state index contributed by atoms with van der Waals surface area (Å²) < 4.78 is 0. The van der Waals surface area contributed by atoms with E-state index in [2.05, 4.69) is 17.9 Å². The summed E-state index contributed by atoms with van der Waals surface area (Å²) in [6.45, 7) is 6.66. The number of likely N-dealkylation sites (N-methyl/N-ethyl adjacent to an activating group) is 1. The van der Waals surface area contributed by atoms with Crippen molar-refractivity contribution in [2.24, 2.45) is 0 Å². The predicted octanol–water partition coefficient (Wildman–Crippen LogP) is 2.14. The normalized spacial score (nSPS) is 18.6. The zero-order valence-corrected chi connectivity index (χ0v) is 14.3. The van der Waals surface area contributed by atoms with Gasteiger partial charge in [0.1, 0.15) is 9.71 Å². The van der Waals surface area contributed by atoms with Crippen LogP contribution in [0.4, 0.5) is 5.69 Å². The van der Waals surface area contributed by atoms with E-state index in [1.54, 1.807) is 0 Å². The van der Waals surface area contributed by atoms with Crippen LogP contribution in [0.25, 0.3) is 10.2 Å². The monoisotopic (exact) mass is 330 g/mol. The number of fused-ring (bicyclic) bond motifs is 2. The van der Waals surface area contributed by atoms with Crippen LogP contribution in [-0.4, -0.2) is 53.4 Å². The first-order valence-electron chi connectivity index (χ1n) is 8.39. The highest BCUT2D eigenvalue weighted by molar-refractivity contribution is 7.21. The number of nitrogen functional groups attached to an aromatic ring is 1. The molecule has 0 bridgehead atoms.